The summed E-state index contributed by atoms with van der Waals surface area (Å²) in [4.78, 5) is 0. The molecule has 0 saturated heterocycles. The van der Waals surface area contributed by atoms with E-state index < -0.39 is 0 Å². The first kappa shape index (κ1) is 25.1. The molecule has 1 nitrogen and oxygen atoms in total. The lowest BCUT2D eigenvalue weighted by atomic mass is 9.96. The minimum Gasteiger partial charge on any atom is -0.309 e. The van der Waals surface area contributed by atoms with Gasteiger partial charge < -0.3 is 4.57 Å². The molecule has 1 heterocycles. The maximum absolute atomic E-state index is 2.39. The summed E-state index contributed by atoms with van der Waals surface area (Å²) in [5, 5.41) is 2.50. The summed E-state index contributed by atoms with van der Waals surface area (Å²) in [6, 6.07) is 63.4. The molecule has 0 fully saturated rings. The molecule has 0 aliphatic heterocycles. The van der Waals surface area contributed by atoms with E-state index in [0.717, 1.165) is 0 Å². The topological polar surface area (TPSA) is 4.93 Å². The van der Waals surface area contributed by atoms with Crippen LogP contribution in [0.3, 0.4) is 0 Å². The Morgan fingerprint density at radius 2 is 0.605 bits per heavy atom. The number of hydrogen-bond donors (Lipinski definition) is 0. The summed E-state index contributed by atoms with van der Waals surface area (Å²) in [6.07, 6.45) is 0. The Labute approximate surface area is 251 Å². The van der Waals surface area contributed by atoms with E-state index in [-0.39, 0.29) is 0 Å². The van der Waals surface area contributed by atoms with Crippen LogP contribution in [0, 0.1) is 0 Å². The van der Waals surface area contributed by atoms with E-state index in [9.17, 15) is 0 Å². The van der Waals surface area contributed by atoms with E-state index in [1.807, 2.05) is 0 Å². The number of aromatic nitrogens is 1. The number of para-hydroxylation sites is 1. The Morgan fingerprint density at radius 3 is 1.05 bits per heavy atom. The highest BCUT2D eigenvalue weighted by Gasteiger charge is 2.15. The summed E-state index contributed by atoms with van der Waals surface area (Å²) >= 11 is 0. The SMILES string of the molecule is c1ccc(-c2cccc(-c3ccc4c(c3)c3cc(-c5cccc(-c6ccccc6)c5)ccc3n4-c3ccccc3)c2)cc1. The summed E-state index contributed by atoms with van der Waals surface area (Å²) in [7, 11) is 0. The van der Waals surface area contributed by atoms with Crippen molar-refractivity contribution in [3.8, 4) is 50.2 Å². The number of hydrogen-bond acceptors (Lipinski definition) is 0. The molecule has 1 heteroatoms. The zero-order valence-electron chi connectivity index (χ0n) is 23.7. The van der Waals surface area contributed by atoms with Crippen LogP contribution in [0.15, 0.2) is 176 Å². The maximum Gasteiger partial charge on any atom is 0.0541 e. The van der Waals surface area contributed by atoms with E-state index >= 15 is 0 Å². The van der Waals surface area contributed by atoms with Gasteiger partial charge in [0.05, 0.1) is 11.0 Å². The van der Waals surface area contributed by atoms with Crippen LogP contribution in [-0.4, -0.2) is 4.57 Å². The number of nitrogens with zero attached hydrogens (tertiary/aromatic N) is 1. The fraction of sp³-hybridized carbons (Fsp3) is 0. The average Bonchev–Trinajstić information content (AvgIpc) is 3.42. The third-order valence-corrected chi connectivity index (χ3v) is 8.39. The monoisotopic (exact) mass is 547 g/mol. The van der Waals surface area contributed by atoms with Crippen LogP contribution < -0.4 is 0 Å². The molecule has 43 heavy (non-hydrogen) atoms. The molecule has 1 aromatic heterocycles. The Hall–Kier alpha value is -5.66. The summed E-state index contributed by atoms with van der Waals surface area (Å²) in [6.45, 7) is 0. The van der Waals surface area contributed by atoms with E-state index in [2.05, 4.69) is 180 Å². The van der Waals surface area contributed by atoms with Gasteiger partial charge in [-0.05, 0) is 93.0 Å². The van der Waals surface area contributed by atoms with Crippen molar-refractivity contribution in [2.24, 2.45) is 0 Å². The number of benzene rings is 7. The second-order valence-corrected chi connectivity index (χ2v) is 11.0. The maximum atomic E-state index is 2.39. The van der Waals surface area contributed by atoms with Gasteiger partial charge in [-0.1, -0.05) is 127 Å². The van der Waals surface area contributed by atoms with Crippen molar-refractivity contribution in [3.63, 3.8) is 0 Å². The van der Waals surface area contributed by atoms with Crippen LogP contribution in [0.25, 0.3) is 72.0 Å². The molecular weight excluding hydrogens is 518 g/mol. The van der Waals surface area contributed by atoms with E-state index in [4.69, 9.17) is 0 Å². The molecule has 0 N–H and O–H groups in total. The first-order valence-corrected chi connectivity index (χ1v) is 14.8. The van der Waals surface area contributed by atoms with E-state index in [0.29, 0.717) is 0 Å². The molecule has 0 aliphatic rings. The Bertz CT molecular complexity index is 2070. The standard InChI is InChI=1S/C42H29N/c1-4-12-30(13-5-1)32-16-10-18-34(26-32)36-22-24-41-39(28-36)40-29-37(23-25-42(40)43(41)38-20-8-3-9-21-38)35-19-11-17-33(27-35)31-14-6-2-7-15-31/h1-29H. The summed E-state index contributed by atoms with van der Waals surface area (Å²) in [5.74, 6) is 0. The minimum absolute atomic E-state index is 1.17. The van der Waals surface area contributed by atoms with Gasteiger partial charge in [0.2, 0.25) is 0 Å². The Balaban J connectivity index is 1.31. The van der Waals surface area contributed by atoms with Gasteiger partial charge in [0.15, 0.2) is 0 Å². The zero-order chi connectivity index (χ0) is 28.6. The molecule has 0 amide bonds. The second-order valence-electron chi connectivity index (χ2n) is 11.0. The first-order chi connectivity index (χ1) is 21.3. The molecule has 0 saturated carbocycles. The molecule has 0 atom stereocenters. The molecule has 0 spiro atoms. The lowest BCUT2D eigenvalue weighted by Gasteiger charge is -2.09. The quantitative estimate of drug-likeness (QED) is 0.202. The van der Waals surface area contributed by atoms with E-state index in [1.165, 1.54) is 72.0 Å². The van der Waals surface area contributed by atoms with Crippen LogP contribution in [0.1, 0.15) is 0 Å². The van der Waals surface area contributed by atoms with Gasteiger partial charge in [0.1, 0.15) is 0 Å². The fourth-order valence-corrected chi connectivity index (χ4v) is 6.26. The number of fused-ring (bicyclic) bond motifs is 3. The molecule has 202 valence electrons. The van der Waals surface area contributed by atoms with Crippen molar-refractivity contribution in [1.29, 1.82) is 0 Å². The third kappa shape index (κ3) is 4.62. The first-order valence-electron chi connectivity index (χ1n) is 14.8. The van der Waals surface area contributed by atoms with Gasteiger partial charge in [-0.3, -0.25) is 0 Å². The molecule has 0 bridgehead atoms. The smallest absolute Gasteiger partial charge is 0.0541 e. The van der Waals surface area contributed by atoms with Gasteiger partial charge >= 0.3 is 0 Å². The van der Waals surface area contributed by atoms with Crippen LogP contribution >= 0.6 is 0 Å². The summed E-state index contributed by atoms with van der Waals surface area (Å²) < 4.78 is 2.39. The largest absolute Gasteiger partial charge is 0.309 e. The van der Waals surface area contributed by atoms with Crippen LogP contribution in [0.4, 0.5) is 0 Å². The molecule has 8 rings (SSSR count). The minimum atomic E-state index is 1.17. The Kier molecular flexibility index (Phi) is 6.20. The molecule has 7 aromatic carbocycles. The highest BCUT2D eigenvalue weighted by atomic mass is 15.0. The molecular formula is C42H29N. The van der Waals surface area contributed by atoms with Gasteiger partial charge in [0.25, 0.3) is 0 Å². The highest BCUT2D eigenvalue weighted by molar-refractivity contribution is 6.11. The predicted octanol–water partition coefficient (Wildman–Crippen LogP) is 11.5. The Morgan fingerprint density at radius 1 is 0.256 bits per heavy atom. The van der Waals surface area contributed by atoms with Crippen LogP contribution in [0.2, 0.25) is 0 Å². The number of rotatable bonds is 5. The summed E-state index contributed by atoms with van der Waals surface area (Å²) in [5.41, 5.74) is 13.4. The highest BCUT2D eigenvalue weighted by Crippen LogP contribution is 2.38. The van der Waals surface area contributed by atoms with Crippen LogP contribution in [-0.2, 0) is 0 Å². The van der Waals surface area contributed by atoms with E-state index in [1.54, 1.807) is 0 Å². The molecule has 0 unspecified atom stereocenters. The average molecular weight is 548 g/mol. The molecule has 0 radical (unpaired) electrons. The van der Waals surface area contributed by atoms with Crippen molar-refractivity contribution in [2.75, 3.05) is 0 Å². The van der Waals surface area contributed by atoms with Crippen molar-refractivity contribution in [2.45, 2.75) is 0 Å². The van der Waals surface area contributed by atoms with Gasteiger partial charge in [0, 0.05) is 16.5 Å². The fourth-order valence-electron chi connectivity index (χ4n) is 6.26. The van der Waals surface area contributed by atoms with Crippen molar-refractivity contribution >= 4 is 21.8 Å². The lowest BCUT2D eigenvalue weighted by Crippen LogP contribution is -1.93. The lowest BCUT2D eigenvalue weighted by molar-refractivity contribution is 1.18. The van der Waals surface area contributed by atoms with Gasteiger partial charge in [-0.25, -0.2) is 0 Å². The van der Waals surface area contributed by atoms with Gasteiger partial charge in [-0.2, -0.15) is 0 Å². The van der Waals surface area contributed by atoms with Crippen LogP contribution in [0.5, 0.6) is 0 Å². The molecule has 8 aromatic rings. The third-order valence-electron chi connectivity index (χ3n) is 8.39. The second kappa shape index (κ2) is 10.6. The predicted molar refractivity (Wildman–Crippen MR) is 183 cm³/mol. The van der Waals surface area contributed by atoms with Crippen molar-refractivity contribution in [3.05, 3.63) is 176 Å². The zero-order valence-corrected chi connectivity index (χ0v) is 23.7. The van der Waals surface area contributed by atoms with Gasteiger partial charge in [-0.15, -0.1) is 0 Å². The molecule has 0 aliphatic carbocycles. The van der Waals surface area contributed by atoms with Crippen molar-refractivity contribution < 1.29 is 0 Å². The normalized spacial score (nSPS) is 11.3. The van der Waals surface area contributed by atoms with Crippen molar-refractivity contribution in [1.82, 2.24) is 4.57 Å².